The minimum Gasteiger partial charge on any atom is -0.447 e. The molecule has 0 fully saturated rings. The van der Waals surface area contributed by atoms with Crippen LogP contribution in [0.15, 0.2) is 40.9 Å². The highest BCUT2D eigenvalue weighted by molar-refractivity contribution is 6.35. The number of hydrogen-bond acceptors (Lipinski definition) is 5. The van der Waals surface area contributed by atoms with Crippen LogP contribution in [0.2, 0.25) is 10.0 Å². The molecule has 0 saturated carbocycles. The summed E-state index contributed by atoms with van der Waals surface area (Å²) in [5.74, 6) is -0.965. The number of amides is 1. The largest absolute Gasteiger partial charge is 0.447 e. The lowest BCUT2D eigenvalue weighted by molar-refractivity contribution is -0.123. The van der Waals surface area contributed by atoms with Crippen molar-refractivity contribution < 1.29 is 18.7 Å². The molecule has 3 aromatic rings. The summed E-state index contributed by atoms with van der Waals surface area (Å²) >= 11 is 11.8. The normalized spacial score (nSPS) is 12.0. The molecule has 6 nitrogen and oxygen atoms in total. The summed E-state index contributed by atoms with van der Waals surface area (Å²) in [6.07, 6.45) is 0.345. The fourth-order valence-electron chi connectivity index (χ4n) is 2.35. The molecule has 26 heavy (non-hydrogen) atoms. The fourth-order valence-corrected chi connectivity index (χ4v) is 2.67. The molecule has 134 valence electrons. The van der Waals surface area contributed by atoms with Crippen molar-refractivity contribution in [1.82, 2.24) is 4.98 Å². The van der Waals surface area contributed by atoms with Gasteiger partial charge in [0.05, 0.1) is 10.0 Å². The number of halogens is 2. The Bertz CT molecular complexity index is 983. The molecule has 0 aliphatic rings. The van der Waals surface area contributed by atoms with Crippen molar-refractivity contribution in [3.8, 4) is 0 Å². The molecule has 3 rings (SSSR count). The average Bonchev–Trinajstić information content (AvgIpc) is 2.95. The summed E-state index contributed by atoms with van der Waals surface area (Å²) < 4.78 is 10.7. The minimum atomic E-state index is -1.05. The number of nitrogens with one attached hydrogen (secondary N) is 1. The van der Waals surface area contributed by atoms with Gasteiger partial charge in [-0.3, -0.25) is 4.79 Å². The van der Waals surface area contributed by atoms with Crippen LogP contribution in [0.4, 0.5) is 5.82 Å². The summed E-state index contributed by atoms with van der Waals surface area (Å²) in [5.41, 5.74) is 1.00. The van der Waals surface area contributed by atoms with Gasteiger partial charge in [0.15, 0.2) is 11.7 Å². The number of aryl methyl sites for hydroxylation is 1. The topological polar surface area (TPSA) is 81.4 Å². The van der Waals surface area contributed by atoms with E-state index in [0.717, 1.165) is 0 Å². The Morgan fingerprint density at radius 1 is 1.23 bits per heavy atom. The number of nitrogens with zero attached hydrogens (tertiary/aromatic N) is 1. The molecule has 0 aliphatic heterocycles. The average molecular weight is 393 g/mol. The van der Waals surface area contributed by atoms with Gasteiger partial charge in [0.2, 0.25) is 5.76 Å². The van der Waals surface area contributed by atoms with Crippen LogP contribution in [0.3, 0.4) is 0 Å². The van der Waals surface area contributed by atoms with E-state index >= 15 is 0 Å². The number of benzene rings is 1. The molecule has 1 unspecified atom stereocenters. The number of anilines is 1. The Hall–Kier alpha value is -2.57. The number of aromatic nitrogens is 1. The summed E-state index contributed by atoms with van der Waals surface area (Å²) in [5, 5.41) is 4.09. The van der Waals surface area contributed by atoms with E-state index in [1.165, 1.54) is 13.1 Å². The molecule has 1 atom stereocenters. The Labute approximate surface area is 159 Å². The second kappa shape index (κ2) is 7.35. The van der Waals surface area contributed by atoms with E-state index in [9.17, 15) is 9.59 Å². The van der Waals surface area contributed by atoms with Gasteiger partial charge in [0.1, 0.15) is 5.82 Å². The van der Waals surface area contributed by atoms with Gasteiger partial charge in [0.25, 0.3) is 5.91 Å². The molecule has 0 aliphatic carbocycles. The summed E-state index contributed by atoms with van der Waals surface area (Å²) in [6.45, 7) is 3.18. The first kappa shape index (κ1) is 18.2. The SMILES string of the molecule is Cc1c(C(=O)OC(C)C(=O)Nc2ccc(Cl)cn2)oc2c(Cl)cccc12. The fraction of sp³-hybridized carbons (Fsp3) is 0.167. The molecular formula is C18H14Cl2N2O4. The third-order valence-electron chi connectivity index (χ3n) is 3.73. The first-order valence-electron chi connectivity index (χ1n) is 7.68. The molecule has 8 heteroatoms. The van der Waals surface area contributed by atoms with Crippen molar-refractivity contribution in [2.24, 2.45) is 0 Å². The van der Waals surface area contributed by atoms with Gasteiger partial charge in [-0.2, -0.15) is 0 Å². The number of carbonyl (C=O) groups is 2. The van der Waals surface area contributed by atoms with Crippen molar-refractivity contribution in [3.63, 3.8) is 0 Å². The number of pyridine rings is 1. The Balaban J connectivity index is 1.73. The summed E-state index contributed by atoms with van der Waals surface area (Å²) in [6, 6.07) is 8.34. The maximum atomic E-state index is 12.4. The highest BCUT2D eigenvalue weighted by Crippen LogP contribution is 2.31. The lowest BCUT2D eigenvalue weighted by Gasteiger charge is -2.12. The molecule has 2 heterocycles. The number of rotatable bonds is 4. The lowest BCUT2D eigenvalue weighted by atomic mass is 10.1. The lowest BCUT2D eigenvalue weighted by Crippen LogP contribution is -2.30. The van der Waals surface area contributed by atoms with Gasteiger partial charge in [-0.15, -0.1) is 0 Å². The zero-order chi connectivity index (χ0) is 18.8. The molecule has 0 radical (unpaired) electrons. The van der Waals surface area contributed by atoms with E-state index in [-0.39, 0.29) is 5.76 Å². The van der Waals surface area contributed by atoms with Crippen molar-refractivity contribution in [2.75, 3.05) is 5.32 Å². The quantitative estimate of drug-likeness (QED) is 0.654. The van der Waals surface area contributed by atoms with Crippen LogP contribution in [0.25, 0.3) is 11.0 Å². The maximum Gasteiger partial charge on any atom is 0.375 e. The van der Waals surface area contributed by atoms with E-state index in [4.69, 9.17) is 32.4 Å². The zero-order valence-corrected chi connectivity index (χ0v) is 15.4. The van der Waals surface area contributed by atoms with Gasteiger partial charge in [0, 0.05) is 17.1 Å². The monoisotopic (exact) mass is 392 g/mol. The number of carbonyl (C=O) groups excluding carboxylic acids is 2. The molecule has 1 N–H and O–H groups in total. The highest BCUT2D eigenvalue weighted by Gasteiger charge is 2.25. The van der Waals surface area contributed by atoms with Crippen molar-refractivity contribution in [3.05, 3.63) is 57.9 Å². The number of furan rings is 1. The first-order valence-corrected chi connectivity index (χ1v) is 8.43. The third kappa shape index (κ3) is 3.66. The van der Waals surface area contributed by atoms with E-state index in [1.54, 1.807) is 37.3 Å². The van der Waals surface area contributed by atoms with Crippen LogP contribution < -0.4 is 5.32 Å². The Kier molecular flexibility index (Phi) is 5.15. The molecule has 2 aromatic heterocycles. The van der Waals surface area contributed by atoms with Crippen LogP contribution in [0, 0.1) is 6.92 Å². The van der Waals surface area contributed by atoms with Crippen molar-refractivity contribution in [2.45, 2.75) is 20.0 Å². The molecule has 1 amide bonds. The molecule has 0 saturated heterocycles. The zero-order valence-electron chi connectivity index (χ0n) is 13.9. The van der Waals surface area contributed by atoms with Crippen LogP contribution in [0.1, 0.15) is 23.0 Å². The Morgan fingerprint density at radius 3 is 2.65 bits per heavy atom. The summed E-state index contributed by atoms with van der Waals surface area (Å²) in [7, 11) is 0. The maximum absolute atomic E-state index is 12.4. The standard InChI is InChI=1S/C18H14Cl2N2O4/c1-9-12-4-3-5-13(20)16(12)26-15(9)18(24)25-10(2)17(23)22-14-7-6-11(19)8-21-14/h3-8,10H,1-2H3,(H,21,22,23). The molecule has 0 bridgehead atoms. The van der Waals surface area contributed by atoms with E-state index < -0.39 is 18.0 Å². The van der Waals surface area contributed by atoms with Gasteiger partial charge in [-0.25, -0.2) is 9.78 Å². The highest BCUT2D eigenvalue weighted by atomic mass is 35.5. The number of ether oxygens (including phenoxy) is 1. The minimum absolute atomic E-state index is 0.0115. The first-order chi connectivity index (χ1) is 12.4. The third-order valence-corrected chi connectivity index (χ3v) is 4.25. The predicted molar refractivity (Wildman–Crippen MR) is 98.7 cm³/mol. The summed E-state index contributed by atoms with van der Waals surface area (Å²) in [4.78, 5) is 28.5. The second-order valence-electron chi connectivity index (χ2n) is 5.57. The number of hydrogen-bond donors (Lipinski definition) is 1. The number of esters is 1. The van der Waals surface area contributed by atoms with Crippen LogP contribution in [0.5, 0.6) is 0 Å². The van der Waals surface area contributed by atoms with Gasteiger partial charge < -0.3 is 14.5 Å². The van der Waals surface area contributed by atoms with Gasteiger partial charge >= 0.3 is 5.97 Å². The molecular weight excluding hydrogens is 379 g/mol. The van der Waals surface area contributed by atoms with Crippen LogP contribution >= 0.6 is 23.2 Å². The van der Waals surface area contributed by atoms with E-state index in [1.807, 2.05) is 0 Å². The number of fused-ring (bicyclic) bond motifs is 1. The van der Waals surface area contributed by atoms with Crippen molar-refractivity contribution in [1.29, 1.82) is 0 Å². The van der Waals surface area contributed by atoms with Crippen molar-refractivity contribution >= 4 is 51.9 Å². The van der Waals surface area contributed by atoms with E-state index in [2.05, 4.69) is 10.3 Å². The molecule has 1 aromatic carbocycles. The second-order valence-corrected chi connectivity index (χ2v) is 6.41. The smallest absolute Gasteiger partial charge is 0.375 e. The predicted octanol–water partition coefficient (Wildman–Crippen LogP) is 4.63. The number of para-hydroxylation sites is 1. The van der Waals surface area contributed by atoms with Crippen LogP contribution in [-0.2, 0) is 9.53 Å². The van der Waals surface area contributed by atoms with Gasteiger partial charge in [-0.05, 0) is 32.0 Å². The van der Waals surface area contributed by atoms with E-state index in [0.29, 0.717) is 32.4 Å². The Morgan fingerprint density at radius 2 is 2.00 bits per heavy atom. The van der Waals surface area contributed by atoms with Crippen LogP contribution in [-0.4, -0.2) is 23.0 Å². The van der Waals surface area contributed by atoms with Gasteiger partial charge in [-0.1, -0.05) is 35.3 Å². The molecule has 0 spiro atoms.